The number of ether oxygens (including phenoxy) is 2. The number of rotatable bonds is 6. The average Bonchev–Trinajstić information content (AvgIpc) is 3.23. The van der Waals surface area contributed by atoms with Crippen molar-refractivity contribution in [3.63, 3.8) is 0 Å². The van der Waals surface area contributed by atoms with Gasteiger partial charge in [0.05, 0.1) is 31.4 Å². The summed E-state index contributed by atoms with van der Waals surface area (Å²) in [4.78, 5) is 33.0. The molecular formula is C30H31N3O6. The highest BCUT2D eigenvalue weighted by Gasteiger charge is 2.47. The number of carbonyl (C=O) groups excluding carboxylic acids is 2. The number of benzene rings is 3. The van der Waals surface area contributed by atoms with Crippen molar-refractivity contribution in [1.82, 2.24) is 4.90 Å². The molecule has 2 saturated heterocycles. The Labute approximate surface area is 227 Å². The second-order valence-electron chi connectivity index (χ2n) is 9.63. The highest BCUT2D eigenvalue weighted by atomic mass is 16.5. The van der Waals surface area contributed by atoms with Gasteiger partial charge in [0.1, 0.15) is 23.0 Å². The maximum atomic E-state index is 13.5. The van der Waals surface area contributed by atoms with Crippen LogP contribution >= 0.6 is 0 Å². The Kier molecular flexibility index (Phi) is 7.17. The van der Waals surface area contributed by atoms with E-state index in [1.165, 1.54) is 31.3 Å². The monoisotopic (exact) mass is 529 g/mol. The number of hydrogen-bond acceptors (Lipinski definition) is 8. The van der Waals surface area contributed by atoms with Crippen molar-refractivity contribution in [2.75, 3.05) is 57.2 Å². The van der Waals surface area contributed by atoms with Gasteiger partial charge in [-0.25, -0.2) is 0 Å². The van der Waals surface area contributed by atoms with E-state index in [4.69, 9.17) is 9.47 Å². The molecular weight excluding hydrogens is 498 g/mol. The Morgan fingerprint density at radius 1 is 0.846 bits per heavy atom. The molecule has 3 aromatic carbocycles. The number of piperazine rings is 1. The van der Waals surface area contributed by atoms with Crippen LogP contribution in [0.4, 0.5) is 11.4 Å². The number of amides is 1. The number of hydrogen-bond donors (Lipinski definition) is 2. The fraction of sp³-hybridized carbons (Fsp3) is 0.267. The number of Topliss-reactive ketones (excluding diaryl/α,β-unsaturated/α-hetero) is 1. The molecule has 5 rings (SSSR count). The van der Waals surface area contributed by atoms with Crippen LogP contribution in [-0.2, 0) is 9.59 Å². The first-order valence-electron chi connectivity index (χ1n) is 12.7. The molecule has 1 atom stereocenters. The minimum Gasteiger partial charge on any atom is -0.508 e. The predicted octanol–water partition coefficient (Wildman–Crippen LogP) is 3.79. The Bertz CT molecular complexity index is 1410. The van der Waals surface area contributed by atoms with Gasteiger partial charge in [-0.05, 0) is 67.2 Å². The number of carbonyl (C=O) groups is 2. The van der Waals surface area contributed by atoms with Crippen LogP contribution in [-0.4, -0.2) is 74.2 Å². The van der Waals surface area contributed by atoms with Crippen LogP contribution in [0.1, 0.15) is 17.2 Å². The summed E-state index contributed by atoms with van der Waals surface area (Å²) < 4.78 is 10.7. The van der Waals surface area contributed by atoms with E-state index in [1.807, 2.05) is 24.3 Å². The van der Waals surface area contributed by atoms with E-state index < -0.39 is 17.7 Å². The number of phenolic OH excluding ortho intramolecular Hbond substituents is 1. The first-order valence-corrected chi connectivity index (χ1v) is 12.7. The second-order valence-corrected chi connectivity index (χ2v) is 9.63. The quantitative estimate of drug-likeness (QED) is 0.283. The van der Waals surface area contributed by atoms with E-state index >= 15 is 0 Å². The molecule has 9 heteroatoms. The summed E-state index contributed by atoms with van der Waals surface area (Å²) in [5, 5.41) is 21.4. The van der Waals surface area contributed by atoms with Crippen molar-refractivity contribution < 1.29 is 29.3 Å². The van der Waals surface area contributed by atoms with Gasteiger partial charge >= 0.3 is 0 Å². The Hall–Kier alpha value is -4.50. The Morgan fingerprint density at radius 2 is 1.49 bits per heavy atom. The van der Waals surface area contributed by atoms with Gasteiger partial charge in [0.15, 0.2) is 0 Å². The summed E-state index contributed by atoms with van der Waals surface area (Å²) in [7, 11) is 5.05. The molecule has 2 N–H and O–H groups in total. The molecule has 2 aliphatic rings. The maximum absolute atomic E-state index is 13.5. The average molecular weight is 530 g/mol. The van der Waals surface area contributed by atoms with Crippen molar-refractivity contribution in [3.05, 3.63) is 83.4 Å². The molecule has 2 fully saturated rings. The molecule has 1 unspecified atom stereocenters. The van der Waals surface area contributed by atoms with Gasteiger partial charge in [-0.15, -0.1) is 0 Å². The lowest BCUT2D eigenvalue weighted by molar-refractivity contribution is -0.132. The number of nitrogens with zero attached hydrogens (tertiary/aromatic N) is 3. The predicted molar refractivity (Wildman–Crippen MR) is 149 cm³/mol. The molecule has 2 aliphatic heterocycles. The molecule has 202 valence electrons. The van der Waals surface area contributed by atoms with Crippen molar-refractivity contribution in [1.29, 1.82) is 0 Å². The second kappa shape index (κ2) is 10.7. The zero-order valence-electron chi connectivity index (χ0n) is 22.1. The molecule has 2 heterocycles. The number of aromatic hydroxyl groups is 1. The number of likely N-dealkylation sites (N-methyl/N-ethyl adjacent to an activating group) is 1. The summed E-state index contributed by atoms with van der Waals surface area (Å²) in [6.07, 6.45) is 0. The lowest BCUT2D eigenvalue weighted by Gasteiger charge is -2.34. The van der Waals surface area contributed by atoms with Gasteiger partial charge in [0.2, 0.25) is 0 Å². The summed E-state index contributed by atoms with van der Waals surface area (Å²) in [6, 6.07) is 17.7. The van der Waals surface area contributed by atoms with Crippen LogP contribution in [0.5, 0.6) is 17.2 Å². The van der Waals surface area contributed by atoms with Gasteiger partial charge in [-0.1, -0.05) is 12.1 Å². The first-order chi connectivity index (χ1) is 18.8. The van der Waals surface area contributed by atoms with E-state index in [0.29, 0.717) is 22.7 Å². The first kappa shape index (κ1) is 26.1. The van der Waals surface area contributed by atoms with Crippen molar-refractivity contribution >= 4 is 28.8 Å². The largest absolute Gasteiger partial charge is 0.508 e. The molecule has 3 aromatic rings. The summed E-state index contributed by atoms with van der Waals surface area (Å²) >= 11 is 0. The molecule has 0 aromatic heterocycles. The smallest absolute Gasteiger partial charge is 0.300 e. The van der Waals surface area contributed by atoms with Crippen molar-refractivity contribution in [2.24, 2.45) is 0 Å². The SMILES string of the molecule is COc1ccc(OC)c(/C(O)=C2\C(=O)C(=O)N(c3ccc(N4CCN(C)CC4)cc3)C2c2ccc(O)cc2)c1. The number of ketones is 1. The summed E-state index contributed by atoms with van der Waals surface area (Å²) in [5.41, 5.74) is 2.25. The third kappa shape index (κ3) is 4.88. The number of aliphatic hydroxyl groups is 1. The molecule has 1 amide bonds. The van der Waals surface area contributed by atoms with E-state index in [-0.39, 0.29) is 22.6 Å². The third-order valence-electron chi connectivity index (χ3n) is 7.31. The van der Waals surface area contributed by atoms with E-state index in [0.717, 1.165) is 31.9 Å². The van der Waals surface area contributed by atoms with Crippen LogP contribution < -0.4 is 19.3 Å². The van der Waals surface area contributed by atoms with Gasteiger partial charge in [-0.3, -0.25) is 14.5 Å². The summed E-state index contributed by atoms with van der Waals surface area (Å²) in [5.74, 6) is -1.14. The van der Waals surface area contributed by atoms with Crippen molar-refractivity contribution in [3.8, 4) is 17.2 Å². The van der Waals surface area contributed by atoms with E-state index in [1.54, 1.807) is 30.3 Å². The zero-order chi connectivity index (χ0) is 27.7. The zero-order valence-corrected chi connectivity index (χ0v) is 22.1. The lowest BCUT2D eigenvalue weighted by Crippen LogP contribution is -2.44. The maximum Gasteiger partial charge on any atom is 0.300 e. The van der Waals surface area contributed by atoms with Crippen LogP contribution in [0, 0.1) is 0 Å². The molecule has 39 heavy (non-hydrogen) atoms. The minimum atomic E-state index is -0.934. The lowest BCUT2D eigenvalue weighted by atomic mass is 9.94. The normalized spacial score (nSPS) is 19.4. The number of methoxy groups -OCH3 is 2. The summed E-state index contributed by atoms with van der Waals surface area (Å²) in [6.45, 7) is 3.72. The Morgan fingerprint density at radius 3 is 2.10 bits per heavy atom. The van der Waals surface area contributed by atoms with Crippen molar-refractivity contribution in [2.45, 2.75) is 6.04 Å². The highest BCUT2D eigenvalue weighted by molar-refractivity contribution is 6.51. The van der Waals surface area contributed by atoms with Crippen LogP contribution in [0.25, 0.3) is 5.76 Å². The molecule has 0 spiro atoms. The molecule has 0 bridgehead atoms. The van der Waals surface area contributed by atoms with Gasteiger partial charge in [0.25, 0.3) is 11.7 Å². The van der Waals surface area contributed by atoms with Gasteiger partial charge < -0.3 is 29.5 Å². The van der Waals surface area contributed by atoms with Crippen LogP contribution in [0.2, 0.25) is 0 Å². The molecule has 0 saturated carbocycles. The number of anilines is 2. The number of aliphatic hydroxyl groups excluding tert-OH is 1. The fourth-order valence-electron chi connectivity index (χ4n) is 5.10. The standard InChI is InChI=1S/C30H31N3O6/c1-31-14-16-32(17-15-31)20-6-8-21(9-7-20)33-27(19-4-10-22(34)11-5-19)26(29(36)30(33)37)28(35)24-18-23(38-2)12-13-25(24)39-3/h4-13,18,27,34-35H,14-17H2,1-3H3/b28-26+. The third-order valence-corrected chi connectivity index (χ3v) is 7.31. The molecule has 0 radical (unpaired) electrons. The number of phenols is 1. The Balaban J connectivity index is 1.61. The topological polar surface area (TPSA) is 103 Å². The van der Waals surface area contributed by atoms with Crippen LogP contribution in [0.15, 0.2) is 72.3 Å². The molecule has 9 nitrogen and oxygen atoms in total. The highest BCUT2D eigenvalue weighted by Crippen LogP contribution is 2.44. The minimum absolute atomic E-state index is 0.0432. The van der Waals surface area contributed by atoms with Gasteiger partial charge in [-0.2, -0.15) is 0 Å². The molecule has 0 aliphatic carbocycles. The van der Waals surface area contributed by atoms with E-state index in [9.17, 15) is 19.8 Å². The van der Waals surface area contributed by atoms with Crippen LogP contribution in [0.3, 0.4) is 0 Å². The fourth-order valence-corrected chi connectivity index (χ4v) is 5.10. The van der Waals surface area contributed by atoms with Gasteiger partial charge in [0, 0.05) is 37.6 Å². The van der Waals surface area contributed by atoms with E-state index in [2.05, 4.69) is 16.8 Å².